The summed E-state index contributed by atoms with van der Waals surface area (Å²) in [4.78, 5) is 10.4. The number of halogens is 3. The third-order valence-electron chi connectivity index (χ3n) is 2.17. The van der Waals surface area contributed by atoms with Gasteiger partial charge in [0.25, 0.3) is 0 Å². The van der Waals surface area contributed by atoms with Crippen molar-refractivity contribution in [2.45, 2.75) is 18.7 Å². The van der Waals surface area contributed by atoms with E-state index >= 15 is 0 Å². The minimum Gasteiger partial charge on any atom is -0.481 e. The predicted octanol–water partition coefficient (Wildman–Crippen LogP) is 1.80. The monoisotopic (exact) mass is 249 g/mol. The molecular weight excluding hydrogens is 239 g/mol. The Bertz CT molecular complexity index is 431. The maximum atomic E-state index is 12.5. The summed E-state index contributed by atoms with van der Waals surface area (Å²) in [6, 6.07) is 3.00. The molecule has 1 aromatic carbocycles. The minimum absolute atomic E-state index is 0.234. The Morgan fingerprint density at radius 1 is 1.41 bits per heavy atom. The second kappa shape index (κ2) is 4.62. The summed E-state index contributed by atoms with van der Waals surface area (Å²) in [7, 11) is 0. The molecule has 1 unspecified atom stereocenters. The average Bonchev–Trinajstić information content (AvgIpc) is 2.14. The molecule has 1 aromatic rings. The van der Waals surface area contributed by atoms with Gasteiger partial charge in [0.1, 0.15) is 0 Å². The lowest BCUT2D eigenvalue weighted by atomic mass is 10.0. The summed E-state index contributed by atoms with van der Waals surface area (Å²) < 4.78 is 37.4. The average molecular weight is 249 g/mol. The topological polar surface area (TPSA) is 83.5 Å². The van der Waals surface area contributed by atoms with Crippen LogP contribution >= 0.6 is 0 Å². The van der Waals surface area contributed by atoms with Gasteiger partial charge >= 0.3 is 12.1 Å². The van der Waals surface area contributed by atoms with E-state index < -0.39 is 35.9 Å². The normalized spacial score (nSPS) is 13.4. The second-order valence-electron chi connectivity index (χ2n) is 3.42. The van der Waals surface area contributed by atoms with E-state index in [1.807, 2.05) is 0 Å². The molecule has 1 rings (SSSR count). The lowest BCUT2D eigenvalue weighted by Crippen LogP contribution is -2.13. The molecular formula is C10H10F3NO3. The molecule has 4 N–H and O–H groups in total. The fraction of sp³-hybridized carbons (Fsp3) is 0.300. The lowest BCUT2D eigenvalue weighted by molar-refractivity contribution is -0.139. The number of rotatable bonds is 3. The maximum Gasteiger partial charge on any atom is 0.418 e. The van der Waals surface area contributed by atoms with E-state index in [-0.39, 0.29) is 5.56 Å². The van der Waals surface area contributed by atoms with Crippen LogP contribution in [0.2, 0.25) is 0 Å². The number of aliphatic hydroxyl groups excluding tert-OH is 1. The van der Waals surface area contributed by atoms with E-state index in [4.69, 9.17) is 10.8 Å². The Kier molecular flexibility index (Phi) is 3.62. The van der Waals surface area contributed by atoms with Crippen LogP contribution in [0.4, 0.5) is 18.9 Å². The molecule has 4 nitrogen and oxygen atoms in total. The van der Waals surface area contributed by atoms with Gasteiger partial charge in [-0.1, -0.05) is 12.1 Å². The first kappa shape index (κ1) is 13.3. The summed E-state index contributed by atoms with van der Waals surface area (Å²) in [6.07, 6.45) is -6.90. The molecule has 0 aliphatic heterocycles. The SMILES string of the molecule is Nc1c(C(O)CC(=O)O)cccc1C(F)(F)F. The Balaban J connectivity index is 3.15. The van der Waals surface area contributed by atoms with E-state index in [1.54, 1.807) is 0 Å². The van der Waals surface area contributed by atoms with Gasteiger partial charge in [0, 0.05) is 11.3 Å². The number of nitrogen functional groups attached to an aromatic ring is 1. The van der Waals surface area contributed by atoms with Crippen molar-refractivity contribution in [1.29, 1.82) is 0 Å². The van der Waals surface area contributed by atoms with Crippen molar-refractivity contribution in [2.24, 2.45) is 0 Å². The smallest absolute Gasteiger partial charge is 0.418 e. The first-order chi connectivity index (χ1) is 7.73. The molecule has 0 radical (unpaired) electrons. The number of carboxylic acid groups (broad SMARTS) is 1. The quantitative estimate of drug-likeness (QED) is 0.713. The van der Waals surface area contributed by atoms with Crippen LogP contribution in [0.25, 0.3) is 0 Å². The second-order valence-corrected chi connectivity index (χ2v) is 3.42. The van der Waals surface area contributed by atoms with Gasteiger partial charge in [-0.25, -0.2) is 0 Å². The summed E-state index contributed by atoms with van der Waals surface area (Å²) in [6.45, 7) is 0. The van der Waals surface area contributed by atoms with Gasteiger partial charge in [-0.2, -0.15) is 13.2 Å². The van der Waals surface area contributed by atoms with E-state index in [9.17, 15) is 23.1 Å². The number of carbonyl (C=O) groups is 1. The molecule has 7 heteroatoms. The number of nitrogens with two attached hydrogens (primary N) is 1. The zero-order valence-electron chi connectivity index (χ0n) is 8.53. The summed E-state index contributed by atoms with van der Waals surface area (Å²) >= 11 is 0. The van der Waals surface area contributed by atoms with Crippen LogP contribution in [0, 0.1) is 0 Å². The zero-order chi connectivity index (χ0) is 13.2. The van der Waals surface area contributed by atoms with Crippen LogP contribution in [-0.2, 0) is 11.0 Å². The zero-order valence-corrected chi connectivity index (χ0v) is 8.53. The molecule has 0 saturated heterocycles. The number of carboxylic acids is 1. The van der Waals surface area contributed by atoms with Crippen LogP contribution in [0.1, 0.15) is 23.7 Å². The van der Waals surface area contributed by atoms with Crippen LogP contribution in [0.15, 0.2) is 18.2 Å². The van der Waals surface area contributed by atoms with Gasteiger partial charge in [0.05, 0.1) is 18.1 Å². The molecule has 94 valence electrons. The molecule has 0 heterocycles. The van der Waals surface area contributed by atoms with Crippen molar-refractivity contribution in [1.82, 2.24) is 0 Å². The first-order valence-electron chi connectivity index (χ1n) is 4.59. The van der Waals surface area contributed by atoms with E-state index in [2.05, 4.69) is 0 Å². The number of hydrogen-bond acceptors (Lipinski definition) is 3. The minimum atomic E-state index is -4.64. The Morgan fingerprint density at radius 3 is 2.47 bits per heavy atom. The highest BCUT2D eigenvalue weighted by Crippen LogP contribution is 2.37. The van der Waals surface area contributed by atoms with Crippen molar-refractivity contribution in [2.75, 3.05) is 5.73 Å². The van der Waals surface area contributed by atoms with Crippen molar-refractivity contribution in [3.8, 4) is 0 Å². The first-order valence-corrected chi connectivity index (χ1v) is 4.59. The van der Waals surface area contributed by atoms with E-state index in [0.29, 0.717) is 0 Å². The lowest BCUT2D eigenvalue weighted by Gasteiger charge is -2.16. The molecule has 17 heavy (non-hydrogen) atoms. The van der Waals surface area contributed by atoms with Crippen molar-refractivity contribution in [3.63, 3.8) is 0 Å². The van der Waals surface area contributed by atoms with Crippen LogP contribution in [0.3, 0.4) is 0 Å². The Hall–Kier alpha value is -1.76. The highest BCUT2D eigenvalue weighted by atomic mass is 19.4. The summed E-state index contributed by atoms with van der Waals surface area (Å²) in [5.41, 5.74) is 3.31. The number of para-hydroxylation sites is 1. The van der Waals surface area contributed by atoms with Crippen molar-refractivity contribution >= 4 is 11.7 Å². The van der Waals surface area contributed by atoms with Gasteiger partial charge in [0.15, 0.2) is 0 Å². The van der Waals surface area contributed by atoms with Crippen LogP contribution in [0.5, 0.6) is 0 Å². The van der Waals surface area contributed by atoms with Gasteiger partial charge < -0.3 is 15.9 Å². The fourth-order valence-electron chi connectivity index (χ4n) is 1.40. The number of aliphatic hydroxyl groups is 1. The number of aliphatic carboxylic acids is 1. The maximum absolute atomic E-state index is 12.5. The Morgan fingerprint density at radius 2 is 2.00 bits per heavy atom. The molecule has 0 spiro atoms. The van der Waals surface area contributed by atoms with E-state index in [0.717, 1.165) is 18.2 Å². The third kappa shape index (κ3) is 3.10. The standard InChI is InChI=1S/C10H10F3NO3/c11-10(12,13)6-3-1-2-5(9(6)14)7(15)4-8(16)17/h1-3,7,15H,4,14H2,(H,16,17). The van der Waals surface area contributed by atoms with Gasteiger partial charge in [-0.15, -0.1) is 0 Å². The van der Waals surface area contributed by atoms with Gasteiger partial charge in [-0.05, 0) is 6.07 Å². The number of benzene rings is 1. The summed E-state index contributed by atoms with van der Waals surface area (Å²) in [5, 5.41) is 17.9. The summed E-state index contributed by atoms with van der Waals surface area (Å²) in [5.74, 6) is -1.32. The molecule has 0 bridgehead atoms. The van der Waals surface area contributed by atoms with E-state index in [1.165, 1.54) is 0 Å². The highest BCUT2D eigenvalue weighted by Gasteiger charge is 2.34. The number of hydrogen-bond donors (Lipinski definition) is 3. The highest BCUT2D eigenvalue weighted by molar-refractivity contribution is 5.68. The number of alkyl halides is 3. The third-order valence-corrected chi connectivity index (χ3v) is 2.17. The molecule has 0 aromatic heterocycles. The van der Waals surface area contributed by atoms with Crippen LogP contribution in [-0.4, -0.2) is 16.2 Å². The van der Waals surface area contributed by atoms with Crippen LogP contribution < -0.4 is 5.73 Å². The predicted molar refractivity (Wildman–Crippen MR) is 53.1 cm³/mol. The fourth-order valence-corrected chi connectivity index (χ4v) is 1.40. The number of anilines is 1. The van der Waals surface area contributed by atoms with Crippen molar-refractivity contribution < 1.29 is 28.2 Å². The van der Waals surface area contributed by atoms with Gasteiger partial charge in [-0.3, -0.25) is 4.79 Å². The molecule has 1 atom stereocenters. The van der Waals surface area contributed by atoms with Crippen molar-refractivity contribution in [3.05, 3.63) is 29.3 Å². The largest absolute Gasteiger partial charge is 0.481 e. The molecule has 0 fully saturated rings. The molecule has 0 saturated carbocycles. The molecule has 0 aliphatic carbocycles. The van der Waals surface area contributed by atoms with Gasteiger partial charge in [0.2, 0.25) is 0 Å². The molecule has 0 amide bonds. The Labute approximate surface area is 94.5 Å². The molecule has 0 aliphatic rings.